The first-order chi connectivity index (χ1) is 20.5. The van der Waals surface area contributed by atoms with Gasteiger partial charge in [-0.2, -0.15) is 5.10 Å². The number of rotatable bonds is 11. The molecule has 0 aliphatic carbocycles. The van der Waals surface area contributed by atoms with E-state index in [0.29, 0.717) is 40.4 Å². The van der Waals surface area contributed by atoms with E-state index in [1.807, 2.05) is 110 Å². The number of esters is 2. The molecule has 8 heteroatoms. The summed E-state index contributed by atoms with van der Waals surface area (Å²) >= 11 is 0. The van der Waals surface area contributed by atoms with Crippen LogP contribution in [0.4, 0.5) is 0 Å². The first-order valence-electron chi connectivity index (χ1n) is 14.9. The third-order valence-corrected chi connectivity index (χ3v) is 7.13. The third kappa shape index (κ3) is 7.19. The van der Waals surface area contributed by atoms with E-state index in [1.165, 1.54) is 0 Å². The van der Waals surface area contributed by atoms with Crippen LogP contribution in [0.1, 0.15) is 65.5 Å². The maximum atomic E-state index is 13.8. The number of para-hydroxylation sites is 1. The number of hydrogen-bond acceptors (Lipinski definition) is 7. The van der Waals surface area contributed by atoms with Crippen LogP contribution in [0.25, 0.3) is 16.9 Å². The highest BCUT2D eigenvalue weighted by Crippen LogP contribution is 2.44. The van der Waals surface area contributed by atoms with Crippen LogP contribution >= 0.6 is 0 Å². The quantitative estimate of drug-likeness (QED) is 0.245. The van der Waals surface area contributed by atoms with Crippen molar-refractivity contribution < 1.29 is 23.8 Å². The second-order valence-electron chi connectivity index (χ2n) is 11.7. The van der Waals surface area contributed by atoms with Crippen molar-refractivity contribution in [2.75, 3.05) is 19.8 Å². The van der Waals surface area contributed by atoms with Crippen molar-refractivity contribution in [1.82, 2.24) is 15.1 Å². The van der Waals surface area contributed by atoms with Crippen molar-refractivity contribution in [2.24, 2.45) is 11.8 Å². The predicted molar refractivity (Wildman–Crippen MR) is 168 cm³/mol. The van der Waals surface area contributed by atoms with Gasteiger partial charge in [0.2, 0.25) is 0 Å². The van der Waals surface area contributed by atoms with Gasteiger partial charge in [0.05, 0.1) is 48.3 Å². The molecule has 0 bridgehead atoms. The molecule has 0 amide bonds. The van der Waals surface area contributed by atoms with Gasteiger partial charge in [-0.25, -0.2) is 14.3 Å². The normalized spacial score (nSPS) is 13.9. The summed E-state index contributed by atoms with van der Waals surface area (Å²) in [5, 5.41) is 8.32. The highest BCUT2D eigenvalue weighted by molar-refractivity contribution is 6.00. The number of hydrogen-bond donors (Lipinski definition) is 1. The number of aromatic nitrogens is 2. The average molecular weight is 586 g/mol. The van der Waals surface area contributed by atoms with Gasteiger partial charge in [0.15, 0.2) is 0 Å². The molecule has 0 spiro atoms. The average Bonchev–Trinajstić information content (AvgIpc) is 3.40. The Balaban J connectivity index is 1.98. The van der Waals surface area contributed by atoms with Gasteiger partial charge in [0.1, 0.15) is 5.75 Å². The molecule has 0 saturated heterocycles. The minimum atomic E-state index is -0.779. The van der Waals surface area contributed by atoms with E-state index in [0.717, 1.165) is 22.6 Å². The summed E-state index contributed by atoms with van der Waals surface area (Å²) in [6, 6.07) is 15.6. The van der Waals surface area contributed by atoms with E-state index >= 15 is 0 Å². The van der Waals surface area contributed by atoms with Crippen LogP contribution in [0.3, 0.4) is 0 Å². The van der Waals surface area contributed by atoms with Gasteiger partial charge in [0, 0.05) is 28.7 Å². The van der Waals surface area contributed by atoms with E-state index in [1.54, 1.807) is 4.68 Å². The summed E-state index contributed by atoms with van der Waals surface area (Å²) < 4.78 is 19.1. The van der Waals surface area contributed by atoms with Gasteiger partial charge in [0.25, 0.3) is 0 Å². The Kier molecular flexibility index (Phi) is 10.1. The second kappa shape index (κ2) is 13.8. The Labute approximate surface area is 254 Å². The molecule has 2 heterocycles. The van der Waals surface area contributed by atoms with Gasteiger partial charge in [-0.3, -0.25) is 0 Å². The highest BCUT2D eigenvalue weighted by Gasteiger charge is 2.40. The molecular weight excluding hydrogens is 542 g/mol. The van der Waals surface area contributed by atoms with Crippen molar-refractivity contribution in [1.29, 1.82) is 0 Å². The molecule has 0 atom stereocenters. The fourth-order valence-electron chi connectivity index (χ4n) is 5.17. The van der Waals surface area contributed by atoms with Crippen molar-refractivity contribution in [3.8, 4) is 22.7 Å². The fraction of sp³-hybridized carbons (Fsp3) is 0.400. The number of ether oxygens (including phenoxy) is 3. The van der Waals surface area contributed by atoms with Gasteiger partial charge < -0.3 is 19.5 Å². The van der Waals surface area contributed by atoms with Crippen molar-refractivity contribution >= 4 is 11.9 Å². The summed E-state index contributed by atoms with van der Waals surface area (Å²) in [4.78, 5) is 27.6. The van der Waals surface area contributed by atoms with Gasteiger partial charge in [-0.1, -0.05) is 45.9 Å². The second-order valence-corrected chi connectivity index (χ2v) is 11.7. The maximum absolute atomic E-state index is 13.8. The lowest BCUT2D eigenvalue weighted by Gasteiger charge is -2.30. The topological polar surface area (TPSA) is 91.7 Å². The molecule has 2 aromatic carbocycles. The van der Waals surface area contributed by atoms with Crippen LogP contribution in [0.5, 0.6) is 5.75 Å². The summed E-state index contributed by atoms with van der Waals surface area (Å²) in [5.41, 5.74) is 5.99. The van der Waals surface area contributed by atoms with E-state index in [9.17, 15) is 9.59 Å². The Bertz CT molecular complexity index is 1490. The van der Waals surface area contributed by atoms with Crippen LogP contribution in [0, 0.1) is 18.8 Å². The molecule has 0 radical (unpaired) electrons. The molecular formula is C35H43N3O5. The molecule has 1 aromatic heterocycles. The summed E-state index contributed by atoms with van der Waals surface area (Å²) in [7, 11) is 0. The molecule has 0 fully saturated rings. The summed E-state index contributed by atoms with van der Waals surface area (Å²) in [6.45, 7) is 16.6. The van der Waals surface area contributed by atoms with Crippen molar-refractivity contribution in [3.05, 3.63) is 88.4 Å². The van der Waals surface area contributed by atoms with Crippen molar-refractivity contribution in [2.45, 2.75) is 61.3 Å². The zero-order valence-corrected chi connectivity index (χ0v) is 26.5. The number of carbonyl (C=O) groups excluding carboxylic acids is 2. The number of allylic oxidation sites excluding steroid dienone is 2. The maximum Gasteiger partial charge on any atom is 0.336 e. The van der Waals surface area contributed by atoms with E-state index in [4.69, 9.17) is 19.3 Å². The number of benzene rings is 2. The Morgan fingerprint density at radius 2 is 1.47 bits per heavy atom. The minimum Gasteiger partial charge on any atom is -0.494 e. The van der Waals surface area contributed by atoms with Crippen LogP contribution in [0.15, 0.2) is 77.3 Å². The summed E-state index contributed by atoms with van der Waals surface area (Å²) in [5.74, 6) is -0.679. The number of dihydropyridines is 1. The number of nitrogens with one attached hydrogen (secondary N) is 1. The van der Waals surface area contributed by atoms with Gasteiger partial charge in [-0.05, 0) is 75.4 Å². The molecule has 0 unspecified atom stereocenters. The zero-order chi connectivity index (χ0) is 31.3. The Morgan fingerprint density at radius 3 is 1.98 bits per heavy atom. The van der Waals surface area contributed by atoms with E-state index < -0.39 is 17.9 Å². The molecule has 8 nitrogen and oxygen atoms in total. The number of nitrogens with zero attached hydrogens (tertiary/aromatic N) is 2. The van der Waals surface area contributed by atoms with Crippen LogP contribution < -0.4 is 10.1 Å². The lowest BCUT2D eigenvalue weighted by Crippen LogP contribution is -2.33. The predicted octanol–water partition coefficient (Wildman–Crippen LogP) is 6.88. The highest BCUT2D eigenvalue weighted by atomic mass is 16.5. The molecule has 1 N–H and O–H groups in total. The fourth-order valence-corrected chi connectivity index (χ4v) is 5.17. The lowest BCUT2D eigenvalue weighted by molar-refractivity contribution is -0.141. The third-order valence-electron chi connectivity index (χ3n) is 7.13. The van der Waals surface area contributed by atoms with Crippen LogP contribution in [-0.4, -0.2) is 41.5 Å². The van der Waals surface area contributed by atoms with Crippen molar-refractivity contribution in [3.63, 3.8) is 0 Å². The SMILES string of the molecule is CCOc1ccc(-c2nn(-c3ccccc3)cc2C2C(C(=O)OCC(C)C)=C(C)NC(C)=C2C(=O)OCC(C)C)c(C)c1. The first-order valence-corrected chi connectivity index (χ1v) is 14.9. The molecule has 1 aliphatic rings. The van der Waals surface area contributed by atoms with Gasteiger partial charge in [-0.15, -0.1) is 0 Å². The smallest absolute Gasteiger partial charge is 0.336 e. The van der Waals surface area contributed by atoms with Crippen LogP contribution in [-0.2, 0) is 19.1 Å². The molecule has 228 valence electrons. The molecule has 3 aromatic rings. The largest absolute Gasteiger partial charge is 0.494 e. The standard InChI is InChI=1S/C35H43N3O5/c1-9-41-27-15-16-28(23(6)17-27)33-29(18-38(37-33)26-13-11-10-12-14-26)32-30(34(39)42-19-21(2)3)24(7)36-25(8)31(32)35(40)43-20-22(4)5/h10-18,21-22,32,36H,9,19-20H2,1-8H3. The van der Waals surface area contributed by atoms with E-state index in [-0.39, 0.29) is 25.0 Å². The monoisotopic (exact) mass is 585 g/mol. The summed E-state index contributed by atoms with van der Waals surface area (Å²) in [6.07, 6.45) is 1.91. The number of carbonyl (C=O) groups is 2. The molecule has 4 rings (SSSR count). The Morgan fingerprint density at radius 1 is 0.884 bits per heavy atom. The molecule has 1 aliphatic heterocycles. The minimum absolute atomic E-state index is 0.149. The number of aryl methyl sites for hydroxylation is 1. The zero-order valence-electron chi connectivity index (χ0n) is 26.5. The lowest BCUT2D eigenvalue weighted by atomic mass is 9.79. The van der Waals surface area contributed by atoms with Gasteiger partial charge >= 0.3 is 11.9 Å². The first kappa shape index (κ1) is 31.6. The van der Waals surface area contributed by atoms with Crippen LogP contribution in [0.2, 0.25) is 0 Å². The molecule has 0 saturated carbocycles. The molecule has 43 heavy (non-hydrogen) atoms. The van der Waals surface area contributed by atoms with E-state index in [2.05, 4.69) is 5.32 Å². The Hall–Kier alpha value is -4.33.